The third-order valence-corrected chi connectivity index (χ3v) is 3.13. The van der Waals surface area contributed by atoms with Crippen molar-refractivity contribution in [2.75, 3.05) is 13.1 Å². The topological polar surface area (TPSA) is 66.6 Å². The number of likely N-dealkylation sites (tertiary alicyclic amines) is 1. The van der Waals surface area contributed by atoms with E-state index in [0.29, 0.717) is 13.1 Å². The van der Waals surface area contributed by atoms with Crippen LogP contribution in [-0.2, 0) is 4.79 Å². The quantitative estimate of drug-likeness (QED) is 0.790. The average molecular weight is 234 g/mol. The van der Waals surface area contributed by atoms with Gasteiger partial charge in [0.25, 0.3) is 0 Å². The molecule has 92 valence electrons. The highest BCUT2D eigenvalue weighted by Crippen LogP contribution is 2.17. The number of carbonyl (C=O) groups is 1. The Morgan fingerprint density at radius 2 is 2.12 bits per heavy atom. The van der Waals surface area contributed by atoms with Crippen LogP contribution in [0.5, 0.6) is 0 Å². The van der Waals surface area contributed by atoms with Crippen molar-refractivity contribution < 1.29 is 9.90 Å². The van der Waals surface area contributed by atoms with Gasteiger partial charge in [0.1, 0.15) is 6.04 Å². The Morgan fingerprint density at radius 1 is 1.41 bits per heavy atom. The molecule has 4 heteroatoms. The number of nitrogens with zero attached hydrogens (tertiary/aromatic N) is 1. The molecule has 1 aliphatic rings. The molecule has 1 fully saturated rings. The van der Waals surface area contributed by atoms with E-state index in [1.54, 1.807) is 4.90 Å². The molecule has 1 aromatic rings. The molecule has 0 aliphatic carbocycles. The lowest BCUT2D eigenvalue weighted by atomic mass is 10.0. The zero-order valence-electron chi connectivity index (χ0n) is 9.75. The van der Waals surface area contributed by atoms with Gasteiger partial charge in [-0.25, -0.2) is 0 Å². The first-order chi connectivity index (χ1) is 8.18. The Balaban J connectivity index is 2.04. The smallest absolute Gasteiger partial charge is 0.244 e. The van der Waals surface area contributed by atoms with Gasteiger partial charge in [-0.1, -0.05) is 30.3 Å². The minimum Gasteiger partial charge on any atom is -0.391 e. The molecule has 3 N–H and O–H groups in total. The van der Waals surface area contributed by atoms with E-state index in [1.165, 1.54) is 0 Å². The van der Waals surface area contributed by atoms with Crippen molar-refractivity contribution in [1.29, 1.82) is 0 Å². The Hall–Kier alpha value is -1.39. The highest BCUT2D eigenvalue weighted by Gasteiger charge is 2.26. The summed E-state index contributed by atoms with van der Waals surface area (Å²) in [6.07, 6.45) is 1.20. The summed E-state index contributed by atoms with van der Waals surface area (Å²) in [5.74, 6) is -0.102. The van der Waals surface area contributed by atoms with Gasteiger partial charge in [0.15, 0.2) is 0 Å². The summed E-state index contributed by atoms with van der Waals surface area (Å²) in [6, 6.07) is 8.71. The van der Waals surface area contributed by atoms with Gasteiger partial charge in [0.2, 0.25) is 5.91 Å². The summed E-state index contributed by atoms with van der Waals surface area (Å²) in [6.45, 7) is 1.09. The van der Waals surface area contributed by atoms with E-state index >= 15 is 0 Å². The van der Waals surface area contributed by atoms with Gasteiger partial charge in [-0.2, -0.15) is 0 Å². The lowest BCUT2D eigenvalue weighted by Gasteiger charge is -2.32. The Labute approximate surface area is 101 Å². The van der Waals surface area contributed by atoms with Crippen LogP contribution < -0.4 is 5.73 Å². The first-order valence-corrected chi connectivity index (χ1v) is 5.96. The van der Waals surface area contributed by atoms with E-state index in [-0.39, 0.29) is 5.91 Å². The van der Waals surface area contributed by atoms with E-state index in [4.69, 9.17) is 5.73 Å². The van der Waals surface area contributed by atoms with Crippen LogP contribution in [0.2, 0.25) is 0 Å². The maximum atomic E-state index is 12.1. The number of amides is 1. The number of aliphatic hydroxyl groups excluding tert-OH is 1. The van der Waals surface area contributed by atoms with Gasteiger partial charge in [-0.3, -0.25) is 4.79 Å². The third kappa shape index (κ3) is 2.84. The molecule has 0 bridgehead atoms. The van der Waals surface area contributed by atoms with Gasteiger partial charge >= 0.3 is 0 Å². The second kappa shape index (κ2) is 5.29. The molecule has 1 saturated heterocycles. The summed E-state index contributed by atoms with van der Waals surface area (Å²) in [7, 11) is 0. The molecule has 0 unspecified atom stereocenters. The van der Waals surface area contributed by atoms with Crippen LogP contribution in [0, 0.1) is 0 Å². The Bertz CT molecular complexity index is 380. The SMILES string of the molecule is N[C@H](C(=O)N1CCC[C@H](O)C1)c1ccccc1. The maximum absolute atomic E-state index is 12.1. The fourth-order valence-corrected chi connectivity index (χ4v) is 2.15. The van der Waals surface area contributed by atoms with Gasteiger partial charge in [-0.15, -0.1) is 0 Å². The van der Waals surface area contributed by atoms with Gasteiger partial charge in [-0.05, 0) is 18.4 Å². The summed E-state index contributed by atoms with van der Waals surface area (Å²) in [4.78, 5) is 13.8. The molecule has 0 saturated carbocycles. The number of carbonyl (C=O) groups excluding carboxylic acids is 1. The average Bonchev–Trinajstić information content (AvgIpc) is 2.38. The van der Waals surface area contributed by atoms with E-state index in [2.05, 4.69) is 0 Å². The molecular weight excluding hydrogens is 216 g/mol. The molecule has 17 heavy (non-hydrogen) atoms. The monoisotopic (exact) mass is 234 g/mol. The standard InChI is InChI=1S/C13H18N2O2/c14-12(10-5-2-1-3-6-10)13(17)15-8-4-7-11(16)9-15/h1-3,5-6,11-12,16H,4,7-9,14H2/t11-,12-/m0/s1. The molecule has 0 spiro atoms. The normalized spacial score (nSPS) is 22.2. The number of β-amino-alcohol motifs (C(OH)–C–C–N with tert-alkyl or cyclic N) is 1. The van der Waals surface area contributed by atoms with E-state index in [9.17, 15) is 9.90 Å². The molecule has 1 aromatic carbocycles. The molecule has 1 aliphatic heterocycles. The highest BCUT2D eigenvalue weighted by molar-refractivity contribution is 5.83. The second-order valence-corrected chi connectivity index (χ2v) is 4.47. The lowest BCUT2D eigenvalue weighted by Crippen LogP contribution is -2.46. The van der Waals surface area contributed by atoms with Crippen LogP contribution in [0.3, 0.4) is 0 Å². The second-order valence-electron chi connectivity index (χ2n) is 4.47. The maximum Gasteiger partial charge on any atom is 0.244 e. The molecule has 1 heterocycles. The van der Waals surface area contributed by atoms with E-state index < -0.39 is 12.1 Å². The fourth-order valence-electron chi connectivity index (χ4n) is 2.15. The molecule has 2 rings (SSSR count). The summed E-state index contributed by atoms with van der Waals surface area (Å²) in [5, 5.41) is 9.55. The van der Waals surface area contributed by atoms with Gasteiger partial charge in [0, 0.05) is 13.1 Å². The highest BCUT2D eigenvalue weighted by atomic mass is 16.3. The minimum atomic E-state index is -0.624. The van der Waals surface area contributed by atoms with Crippen molar-refractivity contribution in [1.82, 2.24) is 4.90 Å². The predicted molar refractivity (Wildman–Crippen MR) is 65.2 cm³/mol. The Kier molecular flexibility index (Phi) is 3.76. The van der Waals surface area contributed by atoms with E-state index in [0.717, 1.165) is 18.4 Å². The molecule has 0 radical (unpaired) electrons. The zero-order valence-corrected chi connectivity index (χ0v) is 9.75. The van der Waals surface area contributed by atoms with Crippen molar-refractivity contribution in [2.45, 2.75) is 25.0 Å². The number of benzene rings is 1. The predicted octanol–water partition coefficient (Wildman–Crippen LogP) is 0.670. The third-order valence-electron chi connectivity index (χ3n) is 3.13. The zero-order chi connectivity index (χ0) is 12.3. The van der Waals surface area contributed by atoms with Crippen LogP contribution >= 0.6 is 0 Å². The van der Waals surface area contributed by atoms with E-state index in [1.807, 2.05) is 30.3 Å². The largest absolute Gasteiger partial charge is 0.391 e. The minimum absolute atomic E-state index is 0.102. The van der Waals surface area contributed by atoms with Gasteiger partial charge in [0.05, 0.1) is 6.10 Å². The van der Waals surface area contributed by atoms with Crippen LogP contribution in [-0.4, -0.2) is 35.1 Å². The summed E-state index contributed by atoms with van der Waals surface area (Å²) < 4.78 is 0. The van der Waals surface area contributed by atoms with Crippen LogP contribution in [0.15, 0.2) is 30.3 Å². The number of rotatable bonds is 2. The van der Waals surface area contributed by atoms with Crippen molar-refractivity contribution in [3.63, 3.8) is 0 Å². The van der Waals surface area contributed by atoms with Crippen LogP contribution in [0.4, 0.5) is 0 Å². The van der Waals surface area contributed by atoms with Crippen LogP contribution in [0.25, 0.3) is 0 Å². The molecule has 0 aromatic heterocycles. The van der Waals surface area contributed by atoms with Crippen molar-refractivity contribution in [2.24, 2.45) is 5.73 Å². The Morgan fingerprint density at radius 3 is 2.76 bits per heavy atom. The fraction of sp³-hybridized carbons (Fsp3) is 0.462. The lowest BCUT2D eigenvalue weighted by molar-refractivity contribution is -0.135. The first kappa shape index (κ1) is 12.1. The molecule has 1 amide bonds. The van der Waals surface area contributed by atoms with Gasteiger partial charge < -0.3 is 15.7 Å². The van der Waals surface area contributed by atoms with Crippen molar-refractivity contribution in [3.8, 4) is 0 Å². The number of piperidine rings is 1. The number of nitrogens with two attached hydrogens (primary N) is 1. The van der Waals surface area contributed by atoms with Crippen molar-refractivity contribution >= 4 is 5.91 Å². The first-order valence-electron chi connectivity index (χ1n) is 5.96. The number of hydrogen-bond acceptors (Lipinski definition) is 3. The summed E-state index contributed by atoms with van der Waals surface area (Å²) in [5.41, 5.74) is 6.76. The summed E-state index contributed by atoms with van der Waals surface area (Å²) >= 11 is 0. The molecule has 4 nitrogen and oxygen atoms in total. The molecular formula is C13H18N2O2. The molecule has 2 atom stereocenters. The van der Waals surface area contributed by atoms with Crippen molar-refractivity contribution in [3.05, 3.63) is 35.9 Å². The number of hydrogen-bond donors (Lipinski definition) is 2. The van der Waals surface area contributed by atoms with Crippen LogP contribution in [0.1, 0.15) is 24.4 Å². The number of aliphatic hydroxyl groups is 1.